The minimum Gasteiger partial charge on any atom is -0.329 e. The fraction of sp³-hybridized carbons (Fsp3) is 0. The van der Waals surface area contributed by atoms with Gasteiger partial charge in [0, 0.05) is 6.07 Å². The van der Waals surface area contributed by atoms with Crippen LogP contribution in [0.15, 0.2) is 24.4 Å². The van der Waals surface area contributed by atoms with Crippen molar-refractivity contribution >= 4 is 33.8 Å². The summed E-state index contributed by atoms with van der Waals surface area (Å²) in [5.41, 5.74) is 0.0426. The summed E-state index contributed by atoms with van der Waals surface area (Å²) >= 11 is 6.80. The number of benzene rings is 1. The molecule has 0 aliphatic rings. The minimum atomic E-state index is -0.539. The van der Waals surface area contributed by atoms with Gasteiger partial charge in [-0.1, -0.05) is 22.9 Å². The molecule has 0 amide bonds. The van der Waals surface area contributed by atoms with Crippen LogP contribution in [0.25, 0.3) is 0 Å². The van der Waals surface area contributed by atoms with Crippen molar-refractivity contribution in [2.24, 2.45) is 0 Å². The number of halogens is 3. The van der Waals surface area contributed by atoms with Gasteiger partial charge in [0.25, 0.3) is 0 Å². The molecule has 0 radical (unpaired) electrons. The van der Waals surface area contributed by atoms with Crippen LogP contribution in [0.5, 0.6) is 0 Å². The third-order valence-electron chi connectivity index (χ3n) is 1.65. The van der Waals surface area contributed by atoms with Crippen LogP contribution in [0.1, 0.15) is 0 Å². The van der Waals surface area contributed by atoms with Crippen LogP contribution in [0, 0.1) is 11.6 Å². The molecule has 0 bridgehead atoms. The Labute approximate surface area is 93.5 Å². The predicted molar refractivity (Wildman–Crippen MR) is 56.8 cm³/mol. The van der Waals surface area contributed by atoms with E-state index in [4.69, 9.17) is 11.6 Å². The third kappa shape index (κ3) is 2.43. The molecule has 0 spiro atoms. The van der Waals surface area contributed by atoms with Gasteiger partial charge in [-0.2, -0.15) is 0 Å². The normalized spacial score (nSPS) is 10.3. The Morgan fingerprint density at radius 3 is 2.80 bits per heavy atom. The van der Waals surface area contributed by atoms with E-state index >= 15 is 0 Å². The molecular weight excluding hydrogens is 242 g/mol. The molecule has 15 heavy (non-hydrogen) atoms. The lowest BCUT2D eigenvalue weighted by atomic mass is 10.3. The van der Waals surface area contributed by atoms with Gasteiger partial charge < -0.3 is 5.32 Å². The maximum Gasteiger partial charge on any atom is 0.188 e. The van der Waals surface area contributed by atoms with Gasteiger partial charge in [0.1, 0.15) is 16.0 Å². The van der Waals surface area contributed by atoms with Gasteiger partial charge in [0.2, 0.25) is 0 Å². The van der Waals surface area contributed by atoms with E-state index in [0.717, 1.165) is 29.5 Å². The zero-order valence-electron chi connectivity index (χ0n) is 7.30. The molecule has 6 heteroatoms. The first kappa shape index (κ1) is 10.3. The van der Waals surface area contributed by atoms with Crippen molar-refractivity contribution in [3.63, 3.8) is 0 Å². The molecule has 1 heterocycles. The number of hydrogen-bond acceptors (Lipinski definition) is 3. The largest absolute Gasteiger partial charge is 0.329 e. The Balaban J connectivity index is 2.27. The highest BCUT2D eigenvalue weighted by molar-refractivity contribution is 7.19. The Morgan fingerprint density at radius 2 is 2.13 bits per heavy atom. The van der Waals surface area contributed by atoms with Crippen molar-refractivity contribution in [1.82, 2.24) is 4.98 Å². The van der Waals surface area contributed by atoms with E-state index in [1.54, 1.807) is 0 Å². The maximum atomic E-state index is 13.2. The van der Waals surface area contributed by atoms with E-state index in [9.17, 15) is 8.78 Å². The topological polar surface area (TPSA) is 24.9 Å². The lowest BCUT2D eigenvalue weighted by molar-refractivity contribution is 0.603. The summed E-state index contributed by atoms with van der Waals surface area (Å²) in [5, 5.41) is 3.06. The number of thiazole rings is 1. The van der Waals surface area contributed by atoms with Crippen molar-refractivity contribution in [2.45, 2.75) is 0 Å². The second kappa shape index (κ2) is 4.12. The highest BCUT2D eigenvalue weighted by Crippen LogP contribution is 2.27. The number of aromatic nitrogens is 1. The van der Waals surface area contributed by atoms with E-state index in [1.165, 1.54) is 6.20 Å². The van der Waals surface area contributed by atoms with Crippen molar-refractivity contribution < 1.29 is 8.78 Å². The van der Waals surface area contributed by atoms with Crippen molar-refractivity contribution in [2.75, 3.05) is 5.32 Å². The molecule has 78 valence electrons. The average Bonchev–Trinajstić information content (AvgIpc) is 2.58. The molecule has 1 N–H and O–H groups in total. The highest BCUT2D eigenvalue weighted by atomic mass is 35.5. The van der Waals surface area contributed by atoms with Crippen LogP contribution in [0.4, 0.5) is 19.6 Å². The first-order valence-electron chi connectivity index (χ1n) is 3.98. The molecule has 0 atom stereocenters. The molecule has 1 aromatic heterocycles. The van der Waals surface area contributed by atoms with Crippen molar-refractivity contribution in [3.8, 4) is 0 Å². The molecule has 1 aromatic carbocycles. The van der Waals surface area contributed by atoms with Crippen LogP contribution >= 0.6 is 22.9 Å². The van der Waals surface area contributed by atoms with Gasteiger partial charge in [-0.15, -0.1) is 0 Å². The Hall–Kier alpha value is -1.20. The van der Waals surface area contributed by atoms with E-state index in [-0.39, 0.29) is 5.69 Å². The van der Waals surface area contributed by atoms with Gasteiger partial charge in [-0.25, -0.2) is 13.8 Å². The monoisotopic (exact) mass is 246 g/mol. The highest BCUT2D eigenvalue weighted by Gasteiger charge is 2.06. The first-order valence-corrected chi connectivity index (χ1v) is 5.18. The molecule has 2 aromatic rings. The standard InChI is InChI=1S/C9H5ClF2N2S/c10-8-4-13-9(15-8)14-7-3-5(11)1-2-6(7)12/h1-4H,(H,13,14). The van der Waals surface area contributed by atoms with Gasteiger partial charge in [0.05, 0.1) is 11.9 Å². The van der Waals surface area contributed by atoms with Crippen LogP contribution in [0.3, 0.4) is 0 Å². The molecular formula is C9H5ClF2N2S. The second-order valence-corrected chi connectivity index (χ2v) is 4.38. The van der Waals surface area contributed by atoms with Crippen molar-refractivity contribution in [3.05, 3.63) is 40.4 Å². The zero-order chi connectivity index (χ0) is 10.8. The summed E-state index contributed by atoms with van der Waals surface area (Å²) in [5.74, 6) is -1.05. The molecule has 0 saturated heterocycles. The summed E-state index contributed by atoms with van der Waals surface area (Å²) in [6.07, 6.45) is 1.44. The summed E-state index contributed by atoms with van der Waals surface area (Å²) < 4.78 is 26.5. The van der Waals surface area contributed by atoms with Gasteiger partial charge >= 0.3 is 0 Å². The van der Waals surface area contributed by atoms with Gasteiger partial charge in [0.15, 0.2) is 5.13 Å². The Morgan fingerprint density at radius 1 is 1.33 bits per heavy atom. The fourth-order valence-corrected chi connectivity index (χ4v) is 1.85. The summed E-state index contributed by atoms with van der Waals surface area (Å²) in [7, 11) is 0. The number of rotatable bonds is 2. The van der Waals surface area contributed by atoms with E-state index < -0.39 is 11.6 Å². The quantitative estimate of drug-likeness (QED) is 0.871. The molecule has 0 aliphatic heterocycles. The van der Waals surface area contributed by atoms with Crippen LogP contribution in [-0.4, -0.2) is 4.98 Å². The molecule has 0 saturated carbocycles. The zero-order valence-corrected chi connectivity index (χ0v) is 8.87. The van der Waals surface area contributed by atoms with Gasteiger partial charge in [-0.05, 0) is 12.1 Å². The predicted octanol–water partition coefficient (Wildman–Crippen LogP) is 3.82. The molecule has 0 unspecified atom stereocenters. The number of nitrogens with zero attached hydrogens (tertiary/aromatic N) is 1. The second-order valence-electron chi connectivity index (χ2n) is 2.72. The molecule has 2 nitrogen and oxygen atoms in total. The fourth-order valence-electron chi connectivity index (χ4n) is 1.02. The third-order valence-corrected chi connectivity index (χ3v) is 2.68. The molecule has 2 rings (SSSR count). The smallest absolute Gasteiger partial charge is 0.188 e. The van der Waals surface area contributed by atoms with Gasteiger partial charge in [-0.3, -0.25) is 0 Å². The van der Waals surface area contributed by atoms with E-state index in [2.05, 4.69) is 10.3 Å². The van der Waals surface area contributed by atoms with Crippen LogP contribution in [-0.2, 0) is 0 Å². The van der Waals surface area contributed by atoms with Crippen LogP contribution < -0.4 is 5.32 Å². The Bertz CT molecular complexity index is 487. The summed E-state index contributed by atoms with van der Waals surface area (Å²) in [6.45, 7) is 0. The Kier molecular flexibility index (Phi) is 2.83. The van der Waals surface area contributed by atoms with Crippen LogP contribution in [0.2, 0.25) is 4.34 Å². The summed E-state index contributed by atoms with van der Waals surface area (Å²) in [6, 6.07) is 3.16. The number of anilines is 2. The van der Waals surface area contributed by atoms with Crippen molar-refractivity contribution in [1.29, 1.82) is 0 Å². The number of nitrogens with one attached hydrogen (secondary N) is 1. The SMILES string of the molecule is Fc1ccc(F)c(Nc2ncc(Cl)s2)c1. The average molecular weight is 247 g/mol. The van der Waals surface area contributed by atoms with E-state index in [0.29, 0.717) is 9.47 Å². The summed E-state index contributed by atoms with van der Waals surface area (Å²) in [4.78, 5) is 3.87. The minimum absolute atomic E-state index is 0.0426. The number of hydrogen-bond donors (Lipinski definition) is 1. The first-order chi connectivity index (χ1) is 7.15. The van der Waals surface area contributed by atoms with E-state index in [1.807, 2.05) is 0 Å². The lowest BCUT2D eigenvalue weighted by Gasteiger charge is -2.03. The molecule has 0 fully saturated rings. The maximum absolute atomic E-state index is 13.2. The molecule has 0 aliphatic carbocycles. The lowest BCUT2D eigenvalue weighted by Crippen LogP contribution is -1.93.